The molecule has 4 heteroatoms. The van der Waals surface area contributed by atoms with Gasteiger partial charge in [0, 0.05) is 0 Å². The molecular weight excluding hydrogens is 206 g/mol. The molecule has 0 unspecified atom stereocenters. The second-order valence-electron chi connectivity index (χ2n) is 3.97. The van der Waals surface area contributed by atoms with Crippen molar-refractivity contribution in [3.8, 4) is 0 Å². The maximum atomic E-state index is 4.49. The fourth-order valence-electron chi connectivity index (χ4n) is 1.71. The Morgan fingerprint density at radius 2 is 2.00 bits per heavy atom. The molecular formula is C11H15N3S. The van der Waals surface area contributed by atoms with Crippen molar-refractivity contribution in [2.45, 2.75) is 40.0 Å². The summed E-state index contributed by atoms with van der Waals surface area (Å²) in [7, 11) is 0. The van der Waals surface area contributed by atoms with Gasteiger partial charge in [-0.1, -0.05) is 20.8 Å². The van der Waals surface area contributed by atoms with Gasteiger partial charge in [0.05, 0.1) is 16.8 Å². The van der Waals surface area contributed by atoms with E-state index in [0.717, 1.165) is 28.5 Å². The molecule has 2 aromatic heterocycles. The smallest absolute Gasteiger partial charge is 0.147 e. The van der Waals surface area contributed by atoms with Gasteiger partial charge in [0.15, 0.2) is 0 Å². The Balaban J connectivity index is 2.77. The van der Waals surface area contributed by atoms with E-state index in [0.29, 0.717) is 5.92 Å². The summed E-state index contributed by atoms with van der Waals surface area (Å²) in [6, 6.07) is 0. The molecule has 0 aliphatic rings. The summed E-state index contributed by atoms with van der Waals surface area (Å²) in [6.07, 6.45) is 0.942. The summed E-state index contributed by atoms with van der Waals surface area (Å²) in [6.45, 7) is 8.39. The van der Waals surface area contributed by atoms with Crippen molar-refractivity contribution >= 4 is 21.7 Å². The first kappa shape index (κ1) is 10.5. The second-order valence-corrected chi connectivity index (χ2v) is 4.73. The van der Waals surface area contributed by atoms with Crippen molar-refractivity contribution in [2.24, 2.45) is 0 Å². The van der Waals surface area contributed by atoms with E-state index in [4.69, 9.17) is 0 Å². The van der Waals surface area contributed by atoms with Crippen LogP contribution in [-0.2, 0) is 6.42 Å². The van der Waals surface area contributed by atoms with Gasteiger partial charge in [-0.25, -0.2) is 9.97 Å². The Bertz CT molecular complexity index is 488. The van der Waals surface area contributed by atoms with Crippen molar-refractivity contribution in [1.82, 2.24) is 14.3 Å². The van der Waals surface area contributed by atoms with E-state index in [1.54, 1.807) is 0 Å². The quantitative estimate of drug-likeness (QED) is 0.782. The lowest BCUT2D eigenvalue weighted by molar-refractivity contribution is 0.844. The maximum Gasteiger partial charge on any atom is 0.147 e. The lowest BCUT2D eigenvalue weighted by Crippen LogP contribution is -1.97. The topological polar surface area (TPSA) is 38.7 Å². The van der Waals surface area contributed by atoms with E-state index in [-0.39, 0.29) is 0 Å². The molecule has 0 N–H and O–H groups in total. The molecule has 2 aromatic rings. The molecule has 0 amide bonds. The van der Waals surface area contributed by atoms with Crippen molar-refractivity contribution in [3.63, 3.8) is 0 Å². The molecule has 0 spiro atoms. The second kappa shape index (κ2) is 3.85. The minimum Gasteiger partial charge on any atom is -0.237 e. The van der Waals surface area contributed by atoms with Gasteiger partial charge in [-0.15, -0.1) is 0 Å². The third-order valence-corrected chi connectivity index (χ3v) is 3.19. The monoisotopic (exact) mass is 221 g/mol. The van der Waals surface area contributed by atoms with Gasteiger partial charge in [0.25, 0.3) is 0 Å². The van der Waals surface area contributed by atoms with Crippen molar-refractivity contribution < 1.29 is 0 Å². The van der Waals surface area contributed by atoms with Gasteiger partial charge in [0.1, 0.15) is 10.7 Å². The van der Waals surface area contributed by atoms with Gasteiger partial charge >= 0.3 is 0 Å². The number of hydrogen-bond donors (Lipinski definition) is 0. The summed E-state index contributed by atoms with van der Waals surface area (Å²) in [5, 5.41) is 1.18. The summed E-state index contributed by atoms with van der Waals surface area (Å²) < 4.78 is 4.48. The number of fused-ring (bicyclic) bond motifs is 1. The summed E-state index contributed by atoms with van der Waals surface area (Å²) >= 11 is 1.48. The largest absolute Gasteiger partial charge is 0.237 e. The van der Waals surface area contributed by atoms with Crippen LogP contribution in [0, 0.1) is 6.92 Å². The number of aromatic nitrogens is 3. The van der Waals surface area contributed by atoms with Crippen LogP contribution in [0.5, 0.6) is 0 Å². The maximum absolute atomic E-state index is 4.49. The number of aryl methyl sites for hydroxylation is 2. The molecule has 0 saturated carbocycles. The normalized spacial score (nSPS) is 11.5. The first-order valence-electron chi connectivity index (χ1n) is 5.26. The Hall–Kier alpha value is -1.03. The lowest BCUT2D eigenvalue weighted by atomic mass is 10.1. The highest BCUT2D eigenvalue weighted by molar-refractivity contribution is 7.13. The molecule has 80 valence electrons. The Morgan fingerprint density at radius 3 is 2.60 bits per heavy atom. The Kier molecular flexibility index (Phi) is 2.69. The van der Waals surface area contributed by atoms with E-state index in [1.165, 1.54) is 16.9 Å². The zero-order valence-corrected chi connectivity index (χ0v) is 10.4. The van der Waals surface area contributed by atoms with Crippen LogP contribution in [-0.4, -0.2) is 14.3 Å². The van der Waals surface area contributed by atoms with E-state index in [9.17, 15) is 0 Å². The van der Waals surface area contributed by atoms with Gasteiger partial charge < -0.3 is 0 Å². The molecule has 2 heterocycles. The summed E-state index contributed by atoms with van der Waals surface area (Å²) in [5.74, 6) is 1.29. The van der Waals surface area contributed by atoms with Crippen molar-refractivity contribution in [3.05, 3.63) is 17.2 Å². The van der Waals surface area contributed by atoms with Crippen LogP contribution in [0.4, 0.5) is 0 Å². The number of hydrogen-bond acceptors (Lipinski definition) is 4. The first-order chi connectivity index (χ1) is 7.13. The SMILES string of the molecule is CCc1nc(C)nc2snc(C(C)C)c12. The standard InChI is InChI=1S/C11H15N3S/c1-5-8-9-10(6(2)3)14-15-11(9)13-7(4)12-8/h6H,5H2,1-4H3. The molecule has 0 fully saturated rings. The first-order valence-corrected chi connectivity index (χ1v) is 6.03. The number of rotatable bonds is 2. The van der Waals surface area contributed by atoms with Gasteiger partial charge in [-0.2, -0.15) is 4.37 Å². The zero-order valence-electron chi connectivity index (χ0n) is 9.53. The fraction of sp³-hybridized carbons (Fsp3) is 0.545. The average molecular weight is 221 g/mol. The van der Waals surface area contributed by atoms with E-state index in [1.807, 2.05) is 6.92 Å². The van der Waals surface area contributed by atoms with Crippen LogP contribution in [0.2, 0.25) is 0 Å². The van der Waals surface area contributed by atoms with Crippen LogP contribution in [0.3, 0.4) is 0 Å². The highest BCUT2D eigenvalue weighted by atomic mass is 32.1. The predicted octanol–water partition coefficient (Wildman–Crippen LogP) is 3.08. The number of nitrogens with zero attached hydrogens (tertiary/aromatic N) is 3. The van der Waals surface area contributed by atoms with E-state index < -0.39 is 0 Å². The minimum atomic E-state index is 0.440. The third kappa shape index (κ3) is 1.74. The molecule has 0 aliphatic heterocycles. The molecule has 0 bridgehead atoms. The van der Waals surface area contributed by atoms with Crippen LogP contribution >= 0.6 is 11.5 Å². The average Bonchev–Trinajstić information content (AvgIpc) is 2.59. The lowest BCUT2D eigenvalue weighted by Gasteiger charge is -2.04. The molecule has 3 nitrogen and oxygen atoms in total. The highest BCUT2D eigenvalue weighted by Crippen LogP contribution is 2.29. The van der Waals surface area contributed by atoms with Gasteiger partial charge in [-0.3, -0.25) is 0 Å². The zero-order chi connectivity index (χ0) is 11.0. The minimum absolute atomic E-state index is 0.440. The third-order valence-electron chi connectivity index (χ3n) is 2.43. The summed E-state index contributed by atoms with van der Waals surface area (Å²) in [4.78, 5) is 9.95. The van der Waals surface area contributed by atoms with E-state index >= 15 is 0 Å². The highest BCUT2D eigenvalue weighted by Gasteiger charge is 2.15. The van der Waals surface area contributed by atoms with Crippen LogP contribution < -0.4 is 0 Å². The van der Waals surface area contributed by atoms with Crippen LogP contribution in [0.15, 0.2) is 0 Å². The molecule has 2 rings (SSSR count). The Labute approximate surface area is 93.7 Å². The van der Waals surface area contributed by atoms with Gasteiger partial charge in [-0.05, 0) is 30.8 Å². The summed E-state index contributed by atoms with van der Waals surface area (Å²) in [5.41, 5.74) is 2.28. The Morgan fingerprint density at radius 1 is 1.27 bits per heavy atom. The van der Waals surface area contributed by atoms with Crippen molar-refractivity contribution in [1.29, 1.82) is 0 Å². The van der Waals surface area contributed by atoms with Gasteiger partial charge in [0.2, 0.25) is 0 Å². The van der Waals surface area contributed by atoms with E-state index in [2.05, 4.69) is 35.1 Å². The van der Waals surface area contributed by atoms with Crippen LogP contribution in [0.1, 0.15) is 43.9 Å². The molecule has 0 radical (unpaired) electrons. The fourth-order valence-corrected chi connectivity index (χ4v) is 2.69. The molecule has 0 saturated heterocycles. The molecule has 0 atom stereocenters. The predicted molar refractivity (Wildman–Crippen MR) is 63.4 cm³/mol. The molecule has 0 aromatic carbocycles. The van der Waals surface area contributed by atoms with Crippen molar-refractivity contribution in [2.75, 3.05) is 0 Å². The molecule has 15 heavy (non-hydrogen) atoms. The van der Waals surface area contributed by atoms with Crippen LogP contribution in [0.25, 0.3) is 10.2 Å². The molecule has 0 aliphatic carbocycles.